The number of primary amides is 1. The highest BCUT2D eigenvalue weighted by molar-refractivity contribution is 5.95. The lowest BCUT2D eigenvalue weighted by atomic mass is 10.0. The van der Waals surface area contributed by atoms with Gasteiger partial charge in [0.05, 0.1) is 26.3 Å². The number of hydroxylamine groups is 1. The molecule has 15 nitrogen and oxygen atoms in total. The monoisotopic (exact) mass is 532 g/mol. The molecule has 0 heterocycles. The van der Waals surface area contributed by atoms with Gasteiger partial charge in [0.2, 0.25) is 29.5 Å². The second kappa shape index (κ2) is 18.4. The smallest absolute Gasteiger partial charge is 0.245 e. The molecule has 0 bridgehead atoms. The molecule has 15 heteroatoms. The van der Waals surface area contributed by atoms with Crippen LogP contribution in [0.4, 0.5) is 0 Å². The van der Waals surface area contributed by atoms with E-state index in [9.17, 15) is 29.1 Å². The summed E-state index contributed by atoms with van der Waals surface area (Å²) in [4.78, 5) is 66.7. The van der Waals surface area contributed by atoms with E-state index in [0.29, 0.717) is 25.8 Å². The first kappa shape index (κ1) is 34.1. The first-order valence-corrected chi connectivity index (χ1v) is 12.2. The molecular formula is C22H44N8O7. The van der Waals surface area contributed by atoms with E-state index in [-0.39, 0.29) is 18.9 Å². The summed E-state index contributed by atoms with van der Waals surface area (Å²) in [6.45, 7) is 4.65. The van der Waals surface area contributed by atoms with Crippen LogP contribution in [0.25, 0.3) is 0 Å². The summed E-state index contributed by atoms with van der Waals surface area (Å²) < 4.78 is 0. The average molecular weight is 533 g/mol. The van der Waals surface area contributed by atoms with Gasteiger partial charge in [-0.2, -0.15) is 0 Å². The van der Waals surface area contributed by atoms with Crippen LogP contribution in [-0.2, 0) is 28.8 Å². The van der Waals surface area contributed by atoms with Gasteiger partial charge in [-0.1, -0.05) is 13.8 Å². The molecule has 0 aliphatic carbocycles. The molecule has 0 aliphatic heterocycles. The molecule has 0 saturated carbocycles. The minimum atomic E-state index is -1.43. The first-order valence-electron chi connectivity index (χ1n) is 12.2. The van der Waals surface area contributed by atoms with Gasteiger partial charge >= 0.3 is 0 Å². The Kier molecular flexibility index (Phi) is 17.0. The van der Waals surface area contributed by atoms with Gasteiger partial charge < -0.3 is 48.4 Å². The molecule has 0 aliphatic rings. The summed E-state index contributed by atoms with van der Waals surface area (Å²) in [5.74, 6) is -3.47. The number of nitrogens with one attached hydrogen (secondary N) is 5. The van der Waals surface area contributed by atoms with Crippen molar-refractivity contribution in [1.82, 2.24) is 26.7 Å². The Labute approximate surface area is 217 Å². The number of amides is 5. The fourth-order valence-corrected chi connectivity index (χ4v) is 3.19. The number of carbonyl (C=O) groups excluding carboxylic acids is 5. The molecule has 37 heavy (non-hydrogen) atoms. The molecule has 0 rings (SSSR count). The number of rotatable bonds is 19. The molecule has 5 amide bonds. The summed E-state index contributed by atoms with van der Waals surface area (Å²) in [6.07, 6.45) is 1.83. The number of hydrogen-bond donors (Lipinski definition) is 9. The molecule has 0 saturated heterocycles. The van der Waals surface area contributed by atoms with Gasteiger partial charge in [0, 0.05) is 0 Å². The molecule has 0 aromatic rings. The van der Waals surface area contributed by atoms with Crippen LogP contribution in [0, 0.1) is 5.92 Å². The minimum Gasteiger partial charge on any atom is -0.394 e. The van der Waals surface area contributed by atoms with E-state index in [1.54, 1.807) is 0 Å². The van der Waals surface area contributed by atoms with Gasteiger partial charge in [-0.15, -0.1) is 0 Å². The molecule has 0 radical (unpaired) electrons. The Morgan fingerprint density at radius 2 is 1.41 bits per heavy atom. The van der Waals surface area contributed by atoms with Crippen molar-refractivity contribution in [2.45, 2.75) is 76.7 Å². The van der Waals surface area contributed by atoms with E-state index in [1.165, 1.54) is 14.0 Å². The molecule has 0 fully saturated rings. The van der Waals surface area contributed by atoms with Gasteiger partial charge in [0.25, 0.3) is 0 Å². The predicted molar refractivity (Wildman–Crippen MR) is 135 cm³/mol. The standard InChI is InChI=1S/C22H44N8O7/c1-12(2)9-14(24)20(34)27-13(3)19(33)29-16(10-26-37-4)21(35)30-17(11-31)22(36)28-15(18(25)32)7-5-6-8-23/h12-17,26,31H,5-11,23-24H2,1-4H3,(H2,25,32)(H,27,34)(H,28,36)(H,29,33)(H,30,35)/t13-,14-,15-,16-,17-/m0/s1. The third-order valence-corrected chi connectivity index (χ3v) is 5.30. The van der Waals surface area contributed by atoms with Crippen molar-refractivity contribution in [2.24, 2.45) is 23.1 Å². The largest absolute Gasteiger partial charge is 0.394 e. The van der Waals surface area contributed by atoms with Gasteiger partial charge in [-0.05, 0) is 45.1 Å². The molecule has 0 aromatic carbocycles. The van der Waals surface area contributed by atoms with E-state index in [1.807, 2.05) is 13.8 Å². The maximum atomic E-state index is 12.8. The normalized spacial score (nSPS) is 15.1. The number of unbranched alkanes of at least 4 members (excludes halogenated alkanes) is 1. The lowest BCUT2D eigenvalue weighted by Crippen LogP contribution is -2.60. The number of aliphatic hydroxyl groups excluding tert-OH is 1. The van der Waals surface area contributed by atoms with Crippen LogP contribution in [0.5, 0.6) is 0 Å². The van der Waals surface area contributed by atoms with Crippen LogP contribution in [0.1, 0.15) is 46.5 Å². The highest BCUT2D eigenvalue weighted by Gasteiger charge is 2.30. The Bertz CT molecular complexity index is 753. The Morgan fingerprint density at radius 1 is 0.838 bits per heavy atom. The molecule has 5 atom stereocenters. The van der Waals surface area contributed by atoms with E-state index in [2.05, 4.69) is 26.7 Å². The zero-order valence-corrected chi connectivity index (χ0v) is 22.0. The lowest BCUT2D eigenvalue weighted by molar-refractivity contribution is -0.135. The molecule has 0 spiro atoms. The molecule has 0 unspecified atom stereocenters. The zero-order valence-electron chi connectivity index (χ0n) is 22.0. The summed E-state index contributed by atoms with van der Waals surface area (Å²) >= 11 is 0. The van der Waals surface area contributed by atoms with Gasteiger partial charge in [-0.25, -0.2) is 5.48 Å². The maximum absolute atomic E-state index is 12.8. The quantitative estimate of drug-likeness (QED) is 0.0577. The fourth-order valence-electron chi connectivity index (χ4n) is 3.19. The van der Waals surface area contributed by atoms with Crippen LogP contribution in [0.3, 0.4) is 0 Å². The van der Waals surface area contributed by atoms with Crippen molar-refractivity contribution in [3.05, 3.63) is 0 Å². The number of aliphatic hydroxyl groups is 1. The van der Waals surface area contributed by atoms with E-state index in [0.717, 1.165) is 0 Å². The van der Waals surface area contributed by atoms with Crippen LogP contribution < -0.4 is 43.9 Å². The van der Waals surface area contributed by atoms with Gasteiger partial charge in [-0.3, -0.25) is 24.0 Å². The topological polar surface area (TPSA) is 253 Å². The van der Waals surface area contributed by atoms with Gasteiger partial charge in [0.15, 0.2) is 0 Å². The third-order valence-electron chi connectivity index (χ3n) is 5.30. The van der Waals surface area contributed by atoms with Crippen LogP contribution in [0.2, 0.25) is 0 Å². The van der Waals surface area contributed by atoms with Crippen molar-refractivity contribution < 1.29 is 33.9 Å². The maximum Gasteiger partial charge on any atom is 0.245 e. The predicted octanol–water partition coefficient (Wildman–Crippen LogP) is -3.92. The zero-order chi connectivity index (χ0) is 28.5. The fraction of sp³-hybridized carbons (Fsp3) is 0.773. The van der Waals surface area contributed by atoms with E-state index < -0.39 is 66.4 Å². The van der Waals surface area contributed by atoms with Crippen molar-refractivity contribution in [3.63, 3.8) is 0 Å². The third kappa shape index (κ3) is 13.9. The van der Waals surface area contributed by atoms with Crippen molar-refractivity contribution >= 4 is 29.5 Å². The summed E-state index contributed by atoms with van der Waals surface area (Å²) in [5, 5.41) is 19.3. The summed E-state index contributed by atoms with van der Waals surface area (Å²) in [5.41, 5.74) is 19.0. The van der Waals surface area contributed by atoms with Crippen LogP contribution in [0.15, 0.2) is 0 Å². The number of carbonyl (C=O) groups is 5. The molecule has 214 valence electrons. The van der Waals surface area contributed by atoms with E-state index >= 15 is 0 Å². The first-order chi connectivity index (χ1) is 17.4. The Hall–Kier alpha value is -2.85. The van der Waals surface area contributed by atoms with Crippen LogP contribution in [-0.4, -0.2) is 91.7 Å². The minimum absolute atomic E-state index is 0.180. The van der Waals surface area contributed by atoms with Gasteiger partial charge in [0.1, 0.15) is 24.2 Å². The molecular weight excluding hydrogens is 488 g/mol. The van der Waals surface area contributed by atoms with Crippen molar-refractivity contribution in [2.75, 3.05) is 26.8 Å². The molecule has 0 aromatic heterocycles. The Balaban J connectivity index is 5.22. The second-order valence-corrected chi connectivity index (χ2v) is 9.07. The van der Waals surface area contributed by atoms with Crippen molar-refractivity contribution in [1.29, 1.82) is 0 Å². The second-order valence-electron chi connectivity index (χ2n) is 9.07. The Morgan fingerprint density at radius 3 is 1.92 bits per heavy atom. The summed E-state index contributed by atoms with van der Waals surface area (Å²) in [6, 6.07) is -5.52. The van der Waals surface area contributed by atoms with Crippen LogP contribution >= 0.6 is 0 Å². The van der Waals surface area contributed by atoms with E-state index in [4.69, 9.17) is 22.0 Å². The van der Waals surface area contributed by atoms with Crippen molar-refractivity contribution in [3.8, 4) is 0 Å². The molecule has 12 N–H and O–H groups in total. The highest BCUT2D eigenvalue weighted by Crippen LogP contribution is 2.03. The SMILES string of the molecule is CONC[C@H](NC(=O)[C@H](C)NC(=O)[C@@H](N)CC(C)C)C(=O)N[C@@H](CO)C(=O)N[C@@H](CCCCN)C(N)=O. The number of hydrogen-bond acceptors (Lipinski definition) is 10. The average Bonchev–Trinajstić information content (AvgIpc) is 2.83. The lowest BCUT2D eigenvalue weighted by Gasteiger charge is -2.25. The highest BCUT2D eigenvalue weighted by atomic mass is 16.6. The number of nitrogens with two attached hydrogens (primary N) is 3. The summed E-state index contributed by atoms with van der Waals surface area (Å²) in [7, 11) is 1.30.